The Balaban J connectivity index is 1.65. The van der Waals surface area contributed by atoms with E-state index in [1.165, 1.54) is 0 Å². The highest BCUT2D eigenvalue weighted by Crippen LogP contribution is 2.16. The number of likely N-dealkylation sites (N-methyl/N-ethyl adjacent to an activating group) is 1. The monoisotopic (exact) mass is 249 g/mol. The highest BCUT2D eigenvalue weighted by molar-refractivity contribution is 5.82. The number of piperazine rings is 2. The molecule has 0 saturated carbocycles. The van der Waals surface area contributed by atoms with Gasteiger partial charge in [-0.15, -0.1) is 0 Å². The van der Waals surface area contributed by atoms with Crippen molar-refractivity contribution in [2.24, 2.45) is 0 Å². The molecule has 98 valence electrons. The van der Waals surface area contributed by atoms with Crippen LogP contribution in [0.25, 0.3) is 0 Å². The summed E-state index contributed by atoms with van der Waals surface area (Å²) in [4.78, 5) is 26.0. The van der Waals surface area contributed by atoms with E-state index in [1.54, 1.807) is 6.20 Å². The van der Waals surface area contributed by atoms with Gasteiger partial charge < -0.3 is 9.88 Å². The lowest BCUT2D eigenvalue weighted by atomic mass is 10.1. The minimum Gasteiger partial charge on any atom is -0.348 e. The molecule has 3 heterocycles. The fourth-order valence-corrected chi connectivity index (χ4v) is 2.76. The number of imidazole rings is 1. The smallest absolute Gasteiger partial charge is 0.241 e. The summed E-state index contributed by atoms with van der Waals surface area (Å²) >= 11 is 0. The summed E-state index contributed by atoms with van der Waals surface area (Å²) in [5, 5.41) is 0. The molecule has 0 radical (unpaired) electrons. The van der Waals surface area contributed by atoms with Gasteiger partial charge in [0.15, 0.2) is 0 Å². The standard InChI is InChI=1S/C12H19N5O/c1-15-4-6-17-7-5-16(8-10(17)12(15)18)9-11-13-2-3-14-11/h2-3,10H,4-9H2,1H3,(H,13,14)/t10-/m0/s1. The number of hydrogen-bond acceptors (Lipinski definition) is 4. The van der Waals surface area contributed by atoms with Crippen molar-refractivity contribution in [1.29, 1.82) is 0 Å². The lowest BCUT2D eigenvalue weighted by molar-refractivity contribution is -0.143. The molecule has 2 fully saturated rings. The van der Waals surface area contributed by atoms with Crippen LogP contribution in [-0.4, -0.2) is 76.4 Å². The summed E-state index contributed by atoms with van der Waals surface area (Å²) in [6.45, 7) is 5.45. The Morgan fingerprint density at radius 2 is 2.22 bits per heavy atom. The molecule has 6 heteroatoms. The zero-order chi connectivity index (χ0) is 12.5. The molecule has 2 aliphatic heterocycles. The van der Waals surface area contributed by atoms with Crippen LogP contribution in [0.3, 0.4) is 0 Å². The molecular formula is C12H19N5O. The minimum absolute atomic E-state index is 0.0347. The van der Waals surface area contributed by atoms with Gasteiger partial charge in [-0.05, 0) is 0 Å². The predicted molar refractivity (Wildman–Crippen MR) is 66.9 cm³/mol. The molecule has 0 unspecified atom stereocenters. The minimum atomic E-state index is 0.0347. The first-order valence-corrected chi connectivity index (χ1v) is 6.43. The van der Waals surface area contributed by atoms with Crippen molar-refractivity contribution in [3.05, 3.63) is 18.2 Å². The van der Waals surface area contributed by atoms with Crippen LogP contribution in [0.1, 0.15) is 5.82 Å². The zero-order valence-corrected chi connectivity index (χ0v) is 10.7. The Morgan fingerprint density at radius 1 is 1.39 bits per heavy atom. The van der Waals surface area contributed by atoms with Gasteiger partial charge in [0.2, 0.25) is 5.91 Å². The van der Waals surface area contributed by atoms with E-state index in [1.807, 2.05) is 18.1 Å². The van der Waals surface area contributed by atoms with E-state index in [0.717, 1.165) is 45.1 Å². The Morgan fingerprint density at radius 3 is 3.00 bits per heavy atom. The summed E-state index contributed by atoms with van der Waals surface area (Å²) in [6, 6.07) is 0.0347. The summed E-state index contributed by atoms with van der Waals surface area (Å²) in [6.07, 6.45) is 3.61. The first-order chi connectivity index (χ1) is 8.74. The Bertz CT molecular complexity index is 418. The summed E-state index contributed by atoms with van der Waals surface area (Å²) in [7, 11) is 1.89. The molecular weight excluding hydrogens is 230 g/mol. The molecule has 1 N–H and O–H groups in total. The molecule has 0 spiro atoms. The summed E-state index contributed by atoms with van der Waals surface area (Å²) in [5.74, 6) is 1.23. The number of aromatic nitrogens is 2. The van der Waals surface area contributed by atoms with Gasteiger partial charge in [-0.2, -0.15) is 0 Å². The summed E-state index contributed by atoms with van der Waals surface area (Å²) in [5.41, 5.74) is 0. The topological polar surface area (TPSA) is 55.5 Å². The van der Waals surface area contributed by atoms with Crippen molar-refractivity contribution >= 4 is 5.91 Å². The maximum Gasteiger partial charge on any atom is 0.241 e. The fraction of sp³-hybridized carbons (Fsp3) is 0.667. The molecule has 1 atom stereocenters. The third-order valence-electron chi connectivity index (χ3n) is 3.89. The number of rotatable bonds is 2. The number of carbonyl (C=O) groups is 1. The second-order valence-electron chi connectivity index (χ2n) is 5.08. The van der Waals surface area contributed by atoms with Crippen LogP contribution in [0.5, 0.6) is 0 Å². The van der Waals surface area contributed by atoms with Crippen LogP contribution in [0.15, 0.2) is 12.4 Å². The van der Waals surface area contributed by atoms with Crippen molar-refractivity contribution in [2.75, 3.05) is 39.8 Å². The quantitative estimate of drug-likeness (QED) is 0.758. The van der Waals surface area contributed by atoms with E-state index in [0.29, 0.717) is 0 Å². The first kappa shape index (κ1) is 11.7. The molecule has 3 rings (SSSR count). The SMILES string of the molecule is CN1CCN2CCN(Cc3ncc[nH]3)C[C@H]2C1=O. The Hall–Kier alpha value is -1.40. The van der Waals surface area contributed by atoms with Crippen molar-refractivity contribution in [1.82, 2.24) is 24.7 Å². The van der Waals surface area contributed by atoms with Gasteiger partial charge in [0.25, 0.3) is 0 Å². The van der Waals surface area contributed by atoms with Crippen LogP contribution in [-0.2, 0) is 11.3 Å². The number of aromatic amines is 1. The first-order valence-electron chi connectivity index (χ1n) is 6.43. The van der Waals surface area contributed by atoms with Crippen LogP contribution in [0.4, 0.5) is 0 Å². The number of fused-ring (bicyclic) bond motifs is 1. The van der Waals surface area contributed by atoms with Gasteiger partial charge in [-0.3, -0.25) is 14.6 Å². The third-order valence-corrected chi connectivity index (χ3v) is 3.89. The van der Waals surface area contributed by atoms with E-state index < -0.39 is 0 Å². The predicted octanol–water partition coefficient (Wildman–Crippen LogP) is -0.632. The lowest BCUT2D eigenvalue weighted by Crippen LogP contribution is -2.63. The van der Waals surface area contributed by atoms with E-state index in [4.69, 9.17) is 0 Å². The van der Waals surface area contributed by atoms with E-state index in [2.05, 4.69) is 19.8 Å². The number of carbonyl (C=O) groups excluding carboxylic acids is 1. The maximum atomic E-state index is 12.1. The van der Waals surface area contributed by atoms with Gasteiger partial charge in [-0.1, -0.05) is 0 Å². The van der Waals surface area contributed by atoms with Crippen LogP contribution in [0.2, 0.25) is 0 Å². The van der Waals surface area contributed by atoms with Crippen LogP contribution >= 0.6 is 0 Å². The van der Waals surface area contributed by atoms with Crippen molar-refractivity contribution in [3.63, 3.8) is 0 Å². The Labute approximate surface area is 107 Å². The van der Waals surface area contributed by atoms with Gasteiger partial charge in [-0.25, -0.2) is 4.98 Å². The largest absolute Gasteiger partial charge is 0.348 e. The van der Waals surface area contributed by atoms with Crippen LogP contribution < -0.4 is 0 Å². The molecule has 1 aromatic heterocycles. The van der Waals surface area contributed by atoms with E-state index in [-0.39, 0.29) is 11.9 Å². The third kappa shape index (κ3) is 2.13. The van der Waals surface area contributed by atoms with Crippen molar-refractivity contribution in [2.45, 2.75) is 12.6 Å². The average molecular weight is 249 g/mol. The molecule has 0 bridgehead atoms. The number of nitrogens with one attached hydrogen (secondary N) is 1. The highest BCUT2D eigenvalue weighted by Gasteiger charge is 2.37. The lowest BCUT2D eigenvalue weighted by Gasteiger charge is -2.45. The number of amides is 1. The molecule has 2 aliphatic rings. The second kappa shape index (κ2) is 4.70. The fourth-order valence-electron chi connectivity index (χ4n) is 2.76. The van der Waals surface area contributed by atoms with E-state index >= 15 is 0 Å². The van der Waals surface area contributed by atoms with Crippen molar-refractivity contribution in [3.8, 4) is 0 Å². The van der Waals surface area contributed by atoms with Crippen LogP contribution in [0, 0.1) is 0 Å². The molecule has 2 saturated heterocycles. The van der Waals surface area contributed by atoms with Gasteiger partial charge in [0.05, 0.1) is 6.54 Å². The van der Waals surface area contributed by atoms with Crippen molar-refractivity contribution < 1.29 is 4.79 Å². The number of hydrogen-bond donors (Lipinski definition) is 1. The molecule has 0 aromatic carbocycles. The van der Waals surface area contributed by atoms with Gasteiger partial charge in [0.1, 0.15) is 11.9 Å². The number of H-pyrrole nitrogens is 1. The van der Waals surface area contributed by atoms with E-state index in [9.17, 15) is 4.79 Å². The average Bonchev–Trinajstić information content (AvgIpc) is 2.87. The number of nitrogens with zero attached hydrogens (tertiary/aromatic N) is 4. The zero-order valence-electron chi connectivity index (χ0n) is 10.7. The highest BCUT2D eigenvalue weighted by atomic mass is 16.2. The molecule has 6 nitrogen and oxygen atoms in total. The molecule has 0 aliphatic carbocycles. The normalized spacial score (nSPS) is 26.4. The van der Waals surface area contributed by atoms with Gasteiger partial charge in [0, 0.05) is 52.2 Å². The maximum absolute atomic E-state index is 12.1. The second-order valence-corrected chi connectivity index (χ2v) is 5.08. The van der Waals surface area contributed by atoms with Gasteiger partial charge >= 0.3 is 0 Å². The molecule has 1 amide bonds. The summed E-state index contributed by atoms with van der Waals surface area (Å²) < 4.78 is 0. The Kier molecular flexibility index (Phi) is 3.05. The molecule has 18 heavy (non-hydrogen) atoms. The molecule has 1 aromatic rings.